The zero-order valence-electron chi connectivity index (χ0n) is 8.90. The standard InChI is InChI=1S/C8H15N3O3S/c1-6-9-4-7(10-6)15(13,14)11-8(2,3)5-12/h4,11-12H,5H2,1-3H3,(H,9,10). The van der Waals surface area contributed by atoms with Crippen LogP contribution in [0.5, 0.6) is 0 Å². The molecule has 0 aliphatic rings. The molecule has 0 aliphatic carbocycles. The molecule has 1 heterocycles. The Labute approximate surface area is 88.8 Å². The van der Waals surface area contributed by atoms with E-state index in [0.717, 1.165) is 0 Å². The van der Waals surface area contributed by atoms with E-state index in [1.165, 1.54) is 6.20 Å². The van der Waals surface area contributed by atoms with E-state index in [-0.39, 0.29) is 11.6 Å². The highest BCUT2D eigenvalue weighted by Crippen LogP contribution is 2.10. The average Bonchev–Trinajstić information content (AvgIpc) is 2.51. The number of hydrogen-bond donors (Lipinski definition) is 3. The average molecular weight is 233 g/mol. The Hall–Kier alpha value is -0.920. The summed E-state index contributed by atoms with van der Waals surface area (Å²) in [4.78, 5) is 6.42. The molecule has 0 aliphatic heterocycles. The molecule has 86 valence electrons. The summed E-state index contributed by atoms with van der Waals surface area (Å²) < 4.78 is 25.8. The minimum absolute atomic E-state index is 0.00141. The SMILES string of the molecule is Cc1ncc(S(=O)(=O)NC(C)(C)CO)[nH]1. The minimum atomic E-state index is -3.64. The maximum atomic E-state index is 11.7. The number of aliphatic hydroxyl groups excluding tert-OH is 1. The van der Waals surface area contributed by atoms with Crippen LogP contribution in [0.1, 0.15) is 19.7 Å². The molecule has 1 aromatic rings. The fourth-order valence-corrected chi connectivity index (χ4v) is 2.36. The van der Waals surface area contributed by atoms with E-state index in [0.29, 0.717) is 5.82 Å². The number of aryl methyl sites for hydroxylation is 1. The Kier molecular flexibility index (Phi) is 3.17. The Morgan fingerprint density at radius 2 is 2.20 bits per heavy atom. The number of imidazole rings is 1. The van der Waals surface area contributed by atoms with Gasteiger partial charge in [0.25, 0.3) is 10.0 Å². The minimum Gasteiger partial charge on any atom is -0.394 e. The third kappa shape index (κ3) is 3.01. The lowest BCUT2D eigenvalue weighted by Gasteiger charge is -2.22. The van der Waals surface area contributed by atoms with Gasteiger partial charge in [0, 0.05) is 0 Å². The third-order valence-electron chi connectivity index (χ3n) is 1.78. The van der Waals surface area contributed by atoms with E-state index in [1.54, 1.807) is 20.8 Å². The topological polar surface area (TPSA) is 95.1 Å². The van der Waals surface area contributed by atoms with Gasteiger partial charge < -0.3 is 10.1 Å². The highest BCUT2D eigenvalue weighted by atomic mass is 32.2. The summed E-state index contributed by atoms with van der Waals surface area (Å²) in [5, 5.41) is 8.96. The number of rotatable bonds is 4. The van der Waals surface area contributed by atoms with E-state index in [2.05, 4.69) is 14.7 Å². The number of aromatic amines is 1. The van der Waals surface area contributed by atoms with Crippen molar-refractivity contribution in [1.29, 1.82) is 0 Å². The highest BCUT2D eigenvalue weighted by molar-refractivity contribution is 7.89. The zero-order chi connectivity index (χ0) is 11.7. The zero-order valence-corrected chi connectivity index (χ0v) is 9.72. The normalized spacial score (nSPS) is 13.1. The third-order valence-corrected chi connectivity index (χ3v) is 3.38. The molecule has 0 atom stereocenters. The van der Waals surface area contributed by atoms with Crippen LogP contribution in [-0.4, -0.2) is 35.6 Å². The fraction of sp³-hybridized carbons (Fsp3) is 0.625. The van der Waals surface area contributed by atoms with Crippen molar-refractivity contribution in [2.75, 3.05) is 6.61 Å². The summed E-state index contributed by atoms with van der Waals surface area (Å²) in [5.41, 5.74) is -0.891. The molecule has 0 aromatic carbocycles. The van der Waals surface area contributed by atoms with E-state index >= 15 is 0 Å². The summed E-state index contributed by atoms with van der Waals surface area (Å²) in [5.74, 6) is 0.525. The van der Waals surface area contributed by atoms with Gasteiger partial charge in [0.2, 0.25) is 0 Å². The molecule has 0 amide bonds. The van der Waals surface area contributed by atoms with E-state index in [9.17, 15) is 8.42 Å². The van der Waals surface area contributed by atoms with Gasteiger partial charge in [0.1, 0.15) is 5.82 Å². The van der Waals surface area contributed by atoms with Crippen molar-refractivity contribution in [3.63, 3.8) is 0 Å². The molecule has 0 bridgehead atoms. The van der Waals surface area contributed by atoms with E-state index in [4.69, 9.17) is 5.11 Å². The van der Waals surface area contributed by atoms with Gasteiger partial charge in [-0.2, -0.15) is 0 Å². The smallest absolute Gasteiger partial charge is 0.258 e. The molecule has 1 aromatic heterocycles. The number of aliphatic hydroxyl groups is 1. The van der Waals surface area contributed by atoms with Gasteiger partial charge in [0.05, 0.1) is 18.3 Å². The maximum absolute atomic E-state index is 11.7. The lowest BCUT2D eigenvalue weighted by molar-refractivity contribution is 0.208. The second-order valence-electron chi connectivity index (χ2n) is 3.98. The van der Waals surface area contributed by atoms with Crippen LogP contribution in [0, 0.1) is 6.92 Å². The van der Waals surface area contributed by atoms with Crippen LogP contribution in [0.25, 0.3) is 0 Å². The Bertz CT molecular complexity index is 436. The first-order valence-corrected chi connectivity index (χ1v) is 5.92. The molecule has 15 heavy (non-hydrogen) atoms. The lowest BCUT2D eigenvalue weighted by Crippen LogP contribution is -2.46. The Morgan fingerprint density at radius 1 is 1.60 bits per heavy atom. The predicted molar refractivity (Wildman–Crippen MR) is 54.8 cm³/mol. The van der Waals surface area contributed by atoms with Crippen molar-refractivity contribution in [2.24, 2.45) is 0 Å². The fourth-order valence-electron chi connectivity index (χ4n) is 0.986. The van der Waals surface area contributed by atoms with Crippen LogP contribution < -0.4 is 4.72 Å². The van der Waals surface area contributed by atoms with Crippen LogP contribution in [0.2, 0.25) is 0 Å². The van der Waals surface area contributed by atoms with Gasteiger partial charge in [-0.3, -0.25) is 0 Å². The quantitative estimate of drug-likeness (QED) is 0.669. The van der Waals surface area contributed by atoms with Gasteiger partial charge in [-0.25, -0.2) is 18.1 Å². The van der Waals surface area contributed by atoms with Crippen molar-refractivity contribution in [1.82, 2.24) is 14.7 Å². The van der Waals surface area contributed by atoms with E-state index in [1.807, 2.05) is 0 Å². The second kappa shape index (κ2) is 3.92. The molecule has 0 saturated heterocycles. The summed E-state index contributed by atoms with van der Waals surface area (Å²) in [6.45, 7) is 4.57. The molecular weight excluding hydrogens is 218 g/mol. The molecule has 3 N–H and O–H groups in total. The lowest BCUT2D eigenvalue weighted by atomic mass is 10.1. The largest absolute Gasteiger partial charge is 0.394 e. The molecule has 0 radical (unpaired) electrons. The van der Waals surface area contributed by atoms with Crippen molar-refractivity contribution < 1.29 is 13.5 Å². The molecule has 0 fully saturated rings. The Morgan fingerprint density at radius 3 is 2.60 bits per heavy atom. The van der Waals surface area contributed by atoms with Crippen LogP contribution in [0.4, 0.5) is 0 Å². The predicted octanol–water partition coefficient (Wildman–Crippen LogP) is -0.233. The number of aromatic nitrogens is 2. The number of nitrogens with zero attached hydrogens (tertiary/aromatic N) is 1. The molecule has 7 heteroatoms. The summed E-state index contributed by atoms with van der Waals surface area (Å²) in [6.07, 6.45) is 1.24. The van der Waals surface area contributed by atoms with Crippen LogP contribution in [-0.2, 0) is 10.0 Å². The highest BCUT2D eigenvalue weighted by Gasteiger charge is 2.26. The monoisotopic (exact) mass is 233 g/mol. The van der Waals surface area contributed by atoms with Gasteiger partial charge in [-0.05, 0) is 20.8 Å². The second-order valence-corrected chi connectivity index (χ2v) is 5.63. The van der Waals surface area contributed by atoms with Crippen molar-refractivity contribution in [3.05, 3.63) is 12.0 Å². The summed E-state index contributed by atoms with van der Waals surface area (Å²) >= 11 is 0. The molecule has 1 rings (SSSR count). The number of nitrogens with one attached hydrogen (secondary N) is 2. The maximum Gasteiger partial charge on any atom is 0.258 e. The van der Waals surface area contributed by atoms with Gasteiger partial charge >= 0.3 is 0 Å². The first-order chi connectivity index (χ1) is 6.77. The Balaban J connectivity index is 2.95. The summed E-state index contributed by atoms with van der Waals surface area (Å²) in [6, 6.07) is 0. The van der Waals surface area contributed by atoms with E-state index < -0.39 is 15.6 Å². The molecule has 0 spiro atoms. The van der Waals surface area contributed by atoms with Gasteiger partial charge in [0.15, 0.2) is 5.03 Å². The first-order valence-electron chi connectivity index (χ1n) is 4.43. The molecular formula is C8H15N3O3S. The van der Waals surface area contributed by atoms with Crippen molar-refractivity contribution in [3.8, 4) is 0 Å². The molecule has 0 saturated carbocycles. The van der Waals surface area contributed by atoms with Crippen molar-refractivity contribution in [2.45, 2.75) is 31.3 Å². The first kappa shape index (κ1) is 12.2. The van der Waals surface area contributed by atoms with Crippen LogP contribution in [0.3, 0.4) is 0 Å². The van der Waals surface area contributed by atoms with Gasteiger partial charge in [-0.15, -0.1) is 0 Å². The van der Waals surface area contributed by atoms with Crippen LogP contribution >= 0.6 is 0 Å². The van der Waals surface area contributed by atoms with Crippen molar-refractivity contribution >= 4 is 10.0 Å². The summed E-state index contributed by atoms with van der Waals surface area (Å²) in [7, 11) is -3.64. The number of H-pyrrole nitrogens is 1. The number of sulfonamides is 1. The molecule has 0 unspecified atom stereocenters. The number of hydrogen-bond acceptors (Lipinski definition) is 4. The van der Waals surface area contributed by atoms with Gasteiger partial charge in [-0.1, -0.05) is 0 Å². The van der Waals surface area contributed by atoms with Crippen LogP contribution in [0.15, 0.2) is 11.2 Å². The molecule has 6 nitrogen and oxygen atoms in total.